The zero-order chi connectivity index (χ0) is 10.4. The third-order valence-corrected chi connectivity index (χ3v) is 1.94. The molecule has 3 heteroatoms. The molecule has 0 heterocycles. The molecule has 0 aliphatic heterocycles. The van der Waals surface area contributed by atoms with E-state index in [1.165, 1.54) is 0 Å². The SMILES string of the molecule is COc1ccc(C#N)c(CCC#N)c1. The lowest BCUT2D eigenvalue weighted by atomic mass is 10.0. The molecule has 0 unspecified atom stereocenters. The van der Waals surface area contributed by atoms with Crippen molar-refractivity contribution in [2.24, 2.45) is 0 Å². The first-order valence-electron chi connectivity index (χ1n) is 4.25. The molecule has 0 radical (unpaired) electrons. The second kappa shape index (κ2) is 4.89. The molecule has 3 nitrogen and oxygen atoms in total. The molecule has 70 valence electrons. The average Bonchev–Trinajstić information content (AvgIpc) is 2.25. The minimum atomic E-state index is 0.418. The van der Waals surface area contributed by atoms with Crippen molar-refractivity contribution in [3.05, 3.63) is 29.3 Å². The lowest BCUT2D eigenvalue weighted by Crippen LogP contribution is -1.92. The predicted octanol–water partition coefficient (Wildman–Crippen LogP) is 2.02. The van der Waals surface area contributed by atoms with E-state index < -0.39 is 0 Å². The molecule has 0 bridgehead atoms. The van der Waals surface area contributed by atoms with Gasteiger partial charge in [-0.1, -0.05) is 0 Å². The largest absolute Gasteiger partial charge is 0.497 e. The fourth-order valence-corrected chi connectivity index (χ4v) is 1.20. The van der Waals surface area contributed by atoms with Gasteiger partial charge >= 0.3 is 0 Å². The number of ether oxygens (including phenoxy) is 1. The second-order valence-electron chi connectivity index (χ2n) is 2.79. The Morgan fingerprint density at radius 3 is 2.71 bits per heavy atom. The van der Waals surface area contributed by atoms with Crippen LogP contribution in [0.4, 0.5) is 0 Å². The quantitative estimate of drug-likeness (QED) is 0.725. The van der Waals surface area contributed by atoms with Crippen LogP contribution in [0.25, 0.3) is 0 Å². The summed E-state index contributed by atoms with van der Waals surface area (Å²) in [7, 11) is 1.58. The van der Waals surface area contributed by atoms with Crippen molar-refractivity contribution in [3.63, 3.8) is 0 Å². The number of nitrogens with zero attached hydrogens (tertiary/aromatic N) is 2. The molecule has 14 heavy (non-hydrogen) atoms. The number of hydrogen-bond donors (Lipinski definition) is 0. The van der Waals surface area contributed by atoms with Crippen LogP contribution in [0.1, 0.15) is 17.5 Å². The zero-order valence-electron chi connectivity index (χ0n) is 7.95. The van der Waals surface area contributed by atoms with Gasteiger partial charge in [0.05, 0.1) is 24.8 Å². The molecule has 0 saturated heterocycles. The topological polar surface area (TPSA) is 56.8 Å². The van der Waals surface area contributed by atoms with Crippen molar-refractivity contribution >= 4 is 0 Å². The van der Waals surface area contributed by atoms with Gasteiger partial charge in [0.25, 0.3) is 0 Å². The number of aryl methyl sites for hydroxylation is 1. The summed E-state index contributed by atoms with van der Waals surface area (Å²) in [6.45, 7) is 0. The highest BCUT2D eigenvalue weighted by molar-refractivity contribution is 5.42. The Balaban J connectivity index is 2.99. The van der Waals surface area contributed by atoms with E-state index in [9.17, 15) is 0 Å². The Bertz CT molecular complexity index is 399. The first kappa shape index (κ1) is 10.1. The summed E-state index contributed by atoms with van der Waals surface area (Å²) in [6.07, 6.45) is 1.01. The van der Waals surface area contributed by atoms with Gasteiger partial charge in [-0.15, -0.1) is 0 Å². The monoisotopic (exact) mass is 186 g/mol. The van der Waals surface area contributed by atoms with Gasteiger partial charge in [-0.25, -0.2) is 0 Å². The lowest BCUT2D eigenvalue weighted by Gasteiger charge is -2.04. The number of hydrogen-bond acceptors (Lipinski definition) is 3. The van der Waals surface area contributed by atoms with E-state index in [2.05, 4.69) is 12.1 Å². The molecule has 0 aromatic heterocycles. The Morgan fingerprint density at radius 2 is 2.14 bits per heavy atom. The maximum absolute atomic E-state index is 8.81. The van der Waals surface area contributed by atoms with Crippen molar-refractivity contribution in [3.8, 4) is 17.9 Å². The minimum Gasteiger partial charge on any atom is -0.497 e. The van der Waals surface area contributed by atoms with Gasteiger partial charge in [0, 0.05) is 6.42 Å². The highest BCUT2D eigenvalue weighted by atomic mass is 16.5. The van der Waals surface area contributed by atoms with E-state index in [4.69, 9.17) is 15.3 Å². The van der Waals surface area contributed by atoms with Gasteiger partial charge in [-0.2, -0.15) is 10.5 Å². The minimum absolute atomic E-state index is 0.418. The van der Waals surface area contributed by atoms with E-state index in [0.717, 1.165) is 11.3 Å². The normalized spacial score (nSPS) is 8.79. The van der Waals surface area contributed by atoms with Gasteiger partial charge < -0.3 is 4.74 Å². The Kier molecular flexibility index (Phi) is 3.52. The van der Waals surface area contributed by atoms with Crippen molar-refractivity contribution in [2.75, 3.05) is 7.11 Å². The third-order valence-electron chi connectivity index (χ3n) is 1.94. The highest BCUT2D eigenvalue weighted by Gasteiger charge is 2.03. The smallest absolute Gasteiger partial charge is 0.119 e. The number of methoxy groups -OCH3 is 1. The van der Waals surface area contributed by atoms with E-state index in [0.29, 0.717) is 18.4 Å². The third kappa shape index (κ3) is 2.24. The first-order chi connectivity index (χ1) is 6.81. The maximum atomic E-state index is 8.81. The molecule has 0 amide bonds. The summed E-state index contributed by atoms with van der Waals surface area (Å²) in [6, 6.07) is 9.41. The molecule has 1 aromatic carbocycles. The van der Waals surface area contributed by atoms with Crippen LogP contribution in [0.5, 0.6) is 5.75 Å². The molecule has 1 rings (SSSR count). The van der Waals surface area contributed by atoms with Gasteiger partial charge in [0.15, 0.2) is 0 Å². The van der Waals surface area contributed by atoms with Crippen molar-refractivity contribution in [2.45, 2.75) is 12.8 Å². The van der Waals surface area contributed by atoms with E-state index >= 15 is 0 Å². The Morgan fingerprint density at radius 1 is 1.36 bits per heavy atom. The summed E-state index contributed by atoms with van der Waals surface area (Å²) < 4.78 is 5.04. The predicted molar refractivity (Wildman–Crippen MR) is 51.6 cm³/mol. The maximum Gasteiger partial charge on any atom is 0.119 e. The Hall–Kier alpha value is -2.00. The molecular formula is C11H10N2O. The highest BCUT2D eigenvalue weighted by Crippen LogP contribution is 2.18. The Labute approximate surface area is 83.2 Å². The molecule has 1 aromatic rings. The van der Waals surface area contributed by atoms with E-state index in [-0.39, 0.29) is 0 Å². The molecular weight excluding hydrogens is 176 g/mol. The van der Waals surface area contributed by atoms with Crippen LogP contribution in [0, 0.1) is 22.7 Å². The molecule has 0 fully saturated rings. The van der Waals surface area contributed by atoms with Gasteiger partial charge in [0.1, 0.15) is 5.75 Å². The fraction of sp³-hybridized carbons (Fsp3) is 0.273. The molecule has 0 saturated carbocycles. The van der Waals surface area contributed by atoms with Crippen LogP contribution in [-0.2, 0) is 6.42 Å². The van der Waals surface area contributed by atoms with Crippen molar-refractivity contribution in [1.29, 1.82) is 10.5 Å². The van der Waals surface area contributed by atoms with Crippen LogP contribution < -0.4 is 4.74 Å². The first-order valence-corrected chi connectivity index (χ1v) is 4.25. The van der Waals surface area contributed by atoms with Gasteiger partial charge in [-0.05, 0) is 30.2 Å². The van der Waals surface area contributed by atoms with Crippen LogP contribution >= 0.6 is 0 Å². The van der Waals surface area contributed by atoms with E-state index in [1.807, 2.05) is 0 Å². The molecule has 0 aliphatic rings. The number of benzene rings is 1. The van der Waals surface area contributed by atoms with Crippen molar-refractivity contribution in [1.82, 2.24) is 0 Å². The van der Waals surface area contributed by atoms with Crippen LogP contribution in [0.15, 0.2) is 18.2 Å². The second-order valence-corrected chi connectivity index (χ2v) is 2.79. The van der Waals surface area contributed by atoms with Crippen LogP contribution in [0.3, 0.4) is 0 Å². The van der Waals surface area contributed by atoms with Crippen molar-refractivity contribution < 1.29 is 4.74 Å². The van der Waals surface area contributed by atoms with Crippen LogP contribution in [-0.4, -0.2) is 7.11 Å². The number of nitriles is 2. The summed E-state index contributed by atoms with van der Waals surface area (Å²) in [5.41, 5.74) is 1.48. The molecule has 0 aliphatic carbocycles. The van der Waals surface area contributed by atoms with E-state index in [1.54, 1.807) is 25.3 Å². The zero-order valence-corrected chi connectivity index (χ0v) is 7.95. The fourth-order valence-electron chi connectivity index (χ4n) is 1.20. The standard InChI is InChI=1S/C11H10N2O/c1-14-11-5-4-10(8-13)9(7-11)3-2-6-12/h4-5,7H,2-3H2,1H3. The summed E-state index contributed by atoms with van der Waals surface area (Å²) >= 11 is 0. The summed E-state index contributed by atoms with van der Waals surface area (Å²) in [4.78, 5) is 0. The average molecular weight is 186 g/mol. The molecule has 0 atom stereocenters. The van der Waals surface area contributed by atoms with Crippen LogP contribution in [0.2, 0.25) is 0 Å². The summed E-state index contributed by atoms with van der Waals surface area (Å²) in [5.74, 6) is 0.719. The van der Waals surface area contributed by atoms with Gasteiger partial charge in [-0.3, -0.25) is 0 Å². The van der Waals surface area contributed by atoms with Gasteiger partial charge in [0.2, 0.25) is 0 Å². The lowest BCUT2D eigenvalue weighted by molar-refractivity contribution is 0.414. The summed E-state index contributed by atoms with van der Waals surface area (Å²) in [5, 5.41) is 17.3. The molecule has 0 N–H and O–H groups in total. The molecule has 0 spiro atoms. The number of rotatable bonds is 3.